The Balaban J connectivity index is 1.38. The fourth-order valence-corrected chi connectivity index (χ4v) is 4.07. The van der Waals surface area contributed by atoms with Gasteiger partial charge < -0.3 is 10.3 Å². The first-order valence-corrected chi connectivity index (χ1v) is 9.97. The molecule has 2 aromatic heterocycles. The number of aromatic amines is 1. The van der Waals surface area contributed by atoms with Crippen molar-refractivity contribution in [2.45, 2.75) is 38.3 Å². The highest BCUT2D eigenvalue weighted by molar-refractivity contribution is 5.80. The molecule has 148 valence electrons. The Kier molecular flexibility index (Phi) is 4.39. The lowest BCUT2D eigenvalue weighted by molar-refractivity contribution is 0.530. The molecule has 2 N–H and O–H groups in total. The van der Waals surface area contributed by atoms with Gasteiger partial charge in [0, 0.05) is 30.1 Å². The molecule has 4 aromatic rings. The summed E-state index contributed by atoms with van der Waals surface area (Å²) in [5.41, 5.74) is 5.09. The Labute approximate surface area is 168 Å². The van der Waals surface area contributed by atoms with Crippen molar-refractivity contribution in [2.24, 2.45) is 0 Å². The van der Waals surface area contributed by atoms with Crippen molar-refractivity contribution in [2.75, 3.05) is 6.54 Å². The Bertz CT molecular complexity index is 1140. The molecule has 1 aliphatic rings. The molecule has 3 heterocycles. The lowest BCUT2D eigenvalue weighted by Crippen LogP contribution is -2.13. The van der Waals surface area contributed by atoms with Gasteiger partial charge >= 0.3 is 0 Å². The maximum absolute atomic E-state index is 13.2. The number of halogens is 1. The molecule has 1 saturated heterocycles. The molecule has 7 heteroatoms. The summed E-state index contributed by atoms with van der Waals surface area (Å²) in [5.74, 6) is 1.07. The third-order valence-corrected chi connectivity index (χ3v) is 5.66. The summed E-state index contributed by atoms with van der Waals surface area (Å²) in [6.45, 7) is 5.04. The van der Waals surface area contributed by atoms with E-state index in [0.29, 0.717) is 5.92 Å². The number of H-pyrrole nitrogens is 1. The van der Waals surface area contributed by atoms with Crippen LogP contribution in [-0.2, 0) is 0 Å². The summed E-state index contributed by atoms with van der Waals surface area (Å²) in [4.78, 5) is 8.15. The quantitative estimate of drug-likeness (QED) is 0.543. The van der Waals surface area contributed by atoms with Gasteiger partial charge in [0.25, 0.3) is 0 Å². The zero-order valence-corrected chi connectivity index (χ0v) is 16.4. The minimum Gasteiger partial charge on any atom is -0.342 e. The van der Waals surface area contributed by atoms with Gasteiger partial charge in [-0.1, -0.05) is 23.4 Å². The second-order valence-corrected chi connectivity index (χ2v) is 7.96. The number of hydrogen-bond donors (Lipinski definition) is 2. The number of fused-ring (bicyclic) bond motifs is 1. The molecular formula is C22H23FN6. The van der Waals surface area contributed by atoms with Gasteiger partial charge in [0.1, 0.15) is 17.2 Å². The third-order valence-electron chi connectivity index (χ3n) is 5.66. The van der Waals surface area contributed by atoms with Crippen molar-refractivity contribution in [1.82, 2.24) is 30.3 Å². The Morgan fingerprint density at radius 2 is 1.97 bits per heavy atom. The normalized spacial score (nSPS) is 19.4. The second kappa shape index (κ2) is 7.08. The number of imidazole rings is 1. The van der Waals surface area contributed by atoms with Crippen molar-refractivity contribution in [3.63, 3.8) is 0 Å². The van der Waals surface area contributed by atoms with Crippen LogP contribution >= 0.6 is 0 Å². The standard InChI is InChI=1S/C22H23FN6/c1-13(2)29-21-10-15(5-8-18(21)27-28-29)20-12-25-22(26-20)16-9-19(24-11-16)14-3-6-17(23)7-4-14/h3-8,10,12-13,16,19,24H,9,11H2,1-2H3,(H,25,26)/t16-,19?/m1/s1. The minimum atomic E-state index is -0.204. The van der Waals surface area contributed by atoms with Crippen LogP contribution in [0.3, 0.4) is 0 Å². The van der Waals surface area contributed by atoms with Crippen LogP contribution in [-0.4, -0.2) is 31.5 Å². The van der Waals surface area contributed by atoms with Crippen LogP contribution in [0.15, 0.2) is 48.7 Å². The van der Waals surface area contributed by atoms with E-state index in [1.54, 1.807) is 0 Å². The average Bonchev–Trinajstić information content (AvgIpc) is 3.46. The number of benzene rings is 2. The van der Waals surface area contributed by atoms with Gasteiger partial charge in [-0.05, 0) is 50.1 Å². The Hall–Kier alpha value is -3.06. The van der Waals surface area contributed by atoms with Gasteiger partial charge in [-0.3, -0.25) is 0 Å². The molecule has 0 saturated carbocycles. The molecule has 29 heavy (non-hydrogen) atoms. The van der Waals surface area contributed by atoms with E-state index in [1.165, 1.54) is 12.1 Å². The topological polar surface area (TPSA) is 71.4 Å². The molecule has 2 aromatic carbocycles. The van der Waals surface area contributed by atoms with E-state index >= 15 is 0 Å². The molecule has 0 radical (unpaired) electrons. The molecule has 0 spiro atoms. The lowest BCUT2D eigenvalue weighted by Gasteiger charge is -2.10. The fraction of sp³-hybridized carbons (Fsp3) is 0.318. The zero-order chi connectivity index (χ0) is 20.0. The van der Waals surface area contributed by atoms with E-state index in [9.17, 15) is 4.39 Å². The summed E-state index contributed by atoms with van der Waals surface area (Å²) in [7, 11) is 0. The number of aromatic nitrogens is 5. The summed E-state index contributed by atoms with van der Waals surface area (Å²) in [6.07, 6.45) is 2.83. The monoisotopic (exact) mass is 390 g/mol. The predicted octanol–water partition coefficient (Wildman–Crippen LogP) is 4.36. The Morgan fingerprint density at radius 1 is 1.14 bits per heavy atom. The maximum Gasteiger partial charge on any atom is 0.123 e. The van der Waals surface area contributed by atoms with Gasteiger partial charge in [0.2, 0.25) is 0 Å². The first-order chi connectivity index (χ1) is 14.1. The van der Waals surface area contributed by atoms with E-state index in [-0.39, 0.29) is 17.9 Å². The molecule has 0 amide bonds. The first kappa shape index (κ1) is 18.0. The average molecular weight is 390 g/mol. The van der Waals surface area contributed by atoms with E-state index in [2.05, 4.69) is 45.5 Å². The zero-order valence-electron chi connectivity index (χ0n) is 16.4. The van der Waals surface area contributed by atoms with E-state index < -0.39 is 0 Å². The van der Waals surface area contributed by atoms with E-state index in [4.69, 9.17) is 0 Å². The third kappa shape index (κ3) is 3.31. The van der Waals surface area contributed by atoms with Crippen LogP contribution in [0, 0.1) is 5.82 Å². The molecule has 1 unspecified atom stereocenters. The predicted molar refractivity (Wildman–Crippen MR) is 110 cm³/mol. The van der Waals surface area contributed by atoms with Gasteiger partial charge in [-0.25, -0.2) is 14.1 Å². The van der Waals surface area contributed by atoms with Crippen LogP contribution in [0.4, 0.5) is 4.39 Å². The second-order valence-electron chi connectivity index (χ2n) is 7.96. The number of nitrogens with one attached hydrogen (secondary N) is 2. The minimum absolute atomic E-state index is 0.204. The van der Waals surface area contributed by atoms with Crippen LogP contribution < -0.4 is 5.32 Å². The van der Waals surface area contributed by atoms with Crippen LogP contribution in [0.25, 0.3) is 22.3 Å². The number of hydrogen-bond acceptors (Lipinski definition) is 4. The summed E-state index contributed by atoms with van der Waals surface area (Å²) >= 11 is 0. The van der Waals surface area contributed by atoms with Crippen LogP contribution in [0.2, 0.25) is 0 Å². The van der Waals surface area contributed by atoms with Crippen molar-refractivity contribution in [1.29, 1.82) is 0 Å². The summed E-state index contributed by atoms with van der Waals surface area (Å²) in [6, 6.07) is 13.4. The Morgan fingerprint density at radius 3 is 2.76 bits per heavy atom. The molecule has 0 aliphatic carbocycles. The highest BCUT2D eigenvalue weighted by Crippen LogP contribution is 2.33. The van der Waals surface area contributed by atoms with Crippen LogP contribution in [0.5, 0.6) is 0 Å². The van der Waals surface area contributed by atoms with E-state index in [0.717, 1.165) is 46.6 Å². The molecule has 1 fully saturated rings. The number of rotatable bonds is 4. The van der Waals surface area contributed by atoms with Crippen molar-refractivity contribution < 1.29 is 4.39 Å². The van der Waals surface area contributed by atoms with Crippen molar-refractivity contribution >= 4 is 11.0 Å². The van der Waals surface area contributed by atoms with E-state index in [1.807, 2.05) is 35.1 Å². The van der Waals surface area contributed by atoms with Crippen molar-refractivity contribution in [3.8, 4) is 11.3 Å². The highest BCUT2D eigenvalue weighted by atomic mass is 19.1. The van der Waals surface area contributed by atoms with Crippen molar-refractivity contribution in [3.05, 3.63) is 65.9 Å². The smallest absolute Gasteiger partial charge is 0.123 e. The maximum atomic E-state index is 13.2. The lowest BCUT2D eigenvalue weighted by atomic mass is 9.99. The highest BCUT2D eigenvalue weighted by Gasteiger charge is 2.28. The molecule has 0 bridgehead atoms. The summed E-state index contributed by atoms with van der Waals surface area (Å²) in [5, 5.41) is 12.0. The van der Waals surface area contributed by atoms with Gasteiger partial charge in [0.05, 0.1) is 17.4 Å². The van der Waals surface area contributed by atoms with Gasteiger partial charge in [-0.2, -0.15) is 0 Å². The van der Waals surface area contributed by atoms with Crippen LogP contribution in [0.1, 0.15) is 49.7 Å². The molecule has 1 aliphatic heterocycles. The molecule has 6 nitrogen and oxygen atoms in total. The fourth-order valence-electron chi connectivity index (χ4n) is 4.07. The molecular weight excluding hydrogens is 367 g/mol. The number of nitrogens with zero attached hydrogens (tertiary/aromatic N) is 4. The molecule has 5 rings (SSSR count). The van der Waals surface area contributed by atoms with Gasteiger partial charge in [0.15, 0.2) is 0 Å². The largest absolute Gasteiger partial charge is 0.342 e. The first-order valence-electron chi connectivity index (χ1n) is 9.97. The SMILES string of the molecule is CC(C)n1nnc2ccc(-c3cnc([C@H]4CNC(c5ccc(F)cc5)C4)[nH]3)cc21. The summed E-state index contributed by atoms with van der Waals surface area (Å²) < 4.78 is 15.1. The molecule has 2 atom stereocenters. The van der Waals surface area contributed by atoms with Gasteiger partial charge in [-0.15, -0.1) is 5.10 Å².